The highest BCUT2D eigenvalue weighted by Crippen LogP contribution is 2.09. The number of benzene rings is 1. The van der Waals surface area contributed by atoms with Crippen molar-refractivity contribution in [2.24, 2.45) is 5.73 Å². The van der Waals surface area contributed by atoms with Gasteiger partial charge in [-0.05, 0) is 24.3 Å². The average molecular weight is 258 g/mol. The first-order chi connectivity index (χ1) is 8.24. The van der Waals surface area contributed by atoms with Crippen LogP contribution in [0.15, 0.2) is 24.3 Å². The Hall–Kier alpha value is -0.940. The van der Waals surface area contributed by atoms with E-state index in [1.807, 2.05) is 0 Å². The lowest BCUT2D eigenvalue weighted by Crippen LogP contribution is -2.15. The lowest BCUT2D eigenvalue weighted by molar-refractivity contribution is 0.0460. The Labute approximate surface area is 106 Å². The van der Waals surface area contributed by atoms with Crippen LogP contribution >= 0.6 is 11.6 Å². The van der Waals surface area contributed by atoms with Gasteiger partial charge >= 0.3 is 0 Å². The van der Waals surface area contributed by atoms with Crippen molar-refractivity contribution in [3.63, 3.8) is 0 Å². The van der Waals surface area contributed by atoms with Crippen LogP contribution in [-0.2, 0) is 9.47 Å². The summed E-state index contributed by atoms with van der Waals surface area (Å²) < 4.78 is 10.3. The number of halogens is 1. The number of rotatable bonds is 8. The van der Waals surface area contributed by atoms with Crippen molar-refractivity contribution in [1.29, 1.82) is 0 Å². The molecular formula is C12H16ClNO3. The standard InChI is InChI=1S/C12H16ClNO3/c13-11-3-1-10(2-4-11)12(15)9-17-8-7-16-6-5-14/h1-4H,5-9,14H2. The van der Waals surface area contributed by atoms with Crippen molar-refractivity contribution in [3.05, 3.63) is 34.9 Å². The van der Waals surface area contributed by atoms with E-state index < -0.39 is 0 Å². The molecule has 0 amide bonds. The van der Waals surface area contributed by atoms with Gasteiger partial charge in [0.2, 0.25) is 0 Å². The zero-order valence-corrected chi connectivity index (χ0v) is 10.3. The molecule has 0 aliphatic heterocycles. The molecule has 0 atom stereocenters. The van der Waals surface area contributed by atoms with Crippen LogP contribution in [-0.4, -0.2) is 38.8 Å². The molecule has 2 N–H and O–H groups in total. The van der Waals surface area contributed by atoms with Crippen LogP contribution in [0.1, 0.15) is 10.4 Å². The van der Waals surface area contributed by atoms with E-state index in [2.05, 4.69) is 0 Å². The Morgan fingerprint density at radius 2 is 1.76 bits per heavy atom. The molecule has 0 radical (unpaired) electrons. The summed E-state index contributed by atoms with van der Waals surface area (Å²) in [5.74, 6) is -0.0690. The molecule has 0 saturated carbocycles. The number of Topliss-reactive ketones (excluding diaryl/α,β-unsaturated/α-hetero) is 1. The largest absolute Gasteiger partial charge is 0.378 e. The van der Waals surface area contributed by atoms with E-state index in [9.17, 15) is 4.79 Å². The summed E-state index contributed by atoms with van der Waals surface area (Å²) in [6, 6.07) is 6.72. The molecular weight excluding hydrogens is 242 g/mol. The van der Waals surface area contributed by atoms with Gasteiger partial charge in [0.25, 0.3) is 0 Å². The Morgan fingerprint density at radius 1 is 1.12 bits per heavy atom. The van der Waals surface area contributed by atoms with Gasteiger partial charge in [0.1, 0.15) is 6.61 Å². The predicted molar refractivity (Wildman–Crippen MR) is 66.5 cm³/mol. The molecule has 1 aromatic rings. The molecule has 0 unspecified atom stereocenters. The van der Waals surface area contributed by atoms with Crippen molar-refractivity contribution in [2.45, 2.75) is 0 Å². The van der Waals surface area contributed by atoms with Gasteiger partial charge in [0, 0.05) is 17.1 Å². The first-order valence-corrected chi connectivity index (χ1v) is 5.76. The second kappa shape index (κ2) is 8.20. The average Bonchev–Trinajstić information content (AvgIpc) is 2.34. The second-order valence-electron chi connectivity index (χ2n) is 3.38. The van der Waals surface area contributed by atoms with E-state index in [4.69, 9.17) is 26.8 Å². The summed E-state index contributed by atoms with van der Waals surface area (Å²) in [5.41, 5.74) is 5.84. The van der Waals surface area contributed by atoms with Crippen LogP contribution in [0.4, 0.5) is 0 Å². The van der Waals surface area contributed by atoms with Crippen LogP contribution in [0, 0.1) is 0 Å². The molecule has 1 aromatic carbocycles. The molecule has 0 aliphatic carbocycles. The molecule has 0 heterocycles. The van der Waals surface area contributed by atoms with Gasteiger partial charge in [-0.15, -0.1) is 0 Å². The Bertz CT molecular complexity index is 340. The fourth-order valence-corrected chi connectivity index (χ4v) is 1.31. The molecule has 1 rings (SSSR count). The molecule has 0 fully saturated rings. The van der Waals surface area contributed by atoms with Gasteiger partial charge in [-0.1, -0.05) is 11.6 Å². The van der Waals surface area contributed by atoms with E-state index >= 15 is 0 Å². The molecule has 94 valence electrons. The predicted octanol–water partition coefficient (Wildman–Crippen LogP) is 1.51. The van der Waals surface area contributed by atoms with Crippen molar-refractivity contribution in [2.75, 3.05) is 33.0 Å². The Kier molecular flexibility index (Phi) is 6.81. The highest BCUT2D eigenvalue weighted by molar-refractivity contribution is 6.30. The molecule has 0 aromatic heterocycles. The van der Waals surface area contributed by atoms with Gasteiger partial charge < -0.3 is 15.2 Å². The van der Waals surface area contributed by atoms with Gasteiger partial charge in [-0.25, -0.2) is 0 Å². The minimum atomic E-state index is -0.0690. The van der Waals surface area contributed by atoms with E-state index in [0.29, 0.717) is 37.0 Å². The summed E-state index contributed by atoms with van der Waals surface area (Å²) in [6.07, 6.45) is 0. The van der Waals surface area contributed by atoms with Crippen molar-refractivity contribution in [3.8, 4) is 0 Å². The summed E-state index contributed by atoms with van der Waals surface area (Å²) in [5, 5.41) is 0.609. The third kappa shape index (κ3) is 5.79. The van der Waals surface area contributed by atoms with Crippen LogP contribution in [0.2, 0.25) is 5.02 Å². The first kappa shape index (κ1) is 14.1. The normalized spacial score (nSPS) is 10.5. The number of carbonyl (C=O) groups excluding carboxylic acids is 1. The maximum atomic E-state index is 11.6. The highest BCUT2D eigenvalue weighted by Gasteiger charge is 2.05. The highest BCUT2D eigenvalue weighted by atomic mass is 35.5. The van der Waals surface area contributed by atoms with Crippen LogP contribution < -0.4 is 5.73 Å². The lowest BCUT2D eigenvalue weighted by atomic mass is 10.1. The Balaban J connectivity index is 2.19. The van der Waals surface area contributed by atoms with Crippen LogP contribution in [0.5, 0.6) is 0 Å². The van der Waals surface area contributed by atoms with Gasteiger partial charge in [-0.2, -0.15) is 0 Å². The van der Waals surface area contributed by atoms with Crippen molar-refractivity contribution < 1.29 is 14.3 Å². The van der Waals surface area contributed by atoms with Crippen LogP contribution in [0.25, 0.3) is 0 Å². The number of nitrogens with two attached hydrogens (primary N) is 1. The smallest absolute Gasteiger partial charge is 0.188 e. The zero-order chi connectivity index (χ0) is 12.5. The van der Waals surface area contributed by atoms with Gasteiger partial charge in [0.05, 0.1) is 19.8 Å². The number of ketones is 1. The Morgan fingerprint density at radius 3 is 2.41 bits per heavy atom. The molecule has 4 nitrogen and oxygen atoms in total. The fraction of sp³-hybridized carbons (Fsp3) is 0.417. The number of ether oxygens (including phenoxy) is 2. The second-order valence-corrected chi connectivity index (χ2v) is 3.82. The molecule has 0 saturated heterocycles. The molecule has 17 heavy (non-hydrogen) atoms. The van der Waals surface area contributed by atoms with Gasteiger partial charge in [0.15, 0.2) is 5.78 Å². The van der Waals surface area contributed by atoms with E-state index in [1.54, 1.807) is 24.3 Å². The first-order valence-electron chi connectivity index (χ1n) is 5.38. The van der Waals surface area contributed by atoms with E-state index in [1.165, 1.54) is 0 Å². The lowest BCUT2D eigenvalue weighted by Gasteiger charge is -2.04. The summed E-state index contributed by atoms with van der Waals surface area (Å²) >= 11 is 5.72. The fourth-order valence-electron chi connectivity index (χ4n) is 1.19. The maximum Gasteiger partial charge on any atom is 0.188 e. The minimum absolute atomic E-state index is 0.0492. The summed E-state index contributed by atoms with van der Waals surface area (Å²) in [7, 11) is 0. The number of carbonyl (C=O) groups is 1. The summed E-state index contributed by atoms with van der Waals surface area (Å²) in [6.45, 7) is 1.89. The molecule has 0 aliphatic rings. The van der Waals surface area contributed by atoms with Crippen molar-refractivity contribution >= 4 is 17.4 Å². The quantitative estimate of drug-likeness (QED) is 0.567. The zero-order valence-electron chi connectivity index (χ0n) is 9.52. The molecule has 0 bridgehead atoms. The maximum absolute atomic E-state index is 11.6. The van der Waals surface area contributed by atoms with E-state index in [0.717, 1.165) is 0 Å². The molecule has 0 spiro atoms. The van der Waals surface area contributed by atoms with Crippen LogP contribution in [0.3, 0.4) is 0 Å². The molecule has 5 heteroatoms. The van der Waals surface area contributed by atoms with Crippen molar-refractivity contribution in [1.82, 2.24) is 0 Å². The number of hydrogen-bond donors (Lipinski definition) is 1. The monoisotopic (exact) mass is 257 g/mol. The number of hydrogen-bond acceptors (Lipinski definition) is 4. The van der Waals surface area contributed by atoms with E-state index in [-0.39, 0.29) is 12.4 Å². The third-order valence-electron chi connectivity index (χ3n) is 2.03. The minimum Gasteiger partial charge on any atom is -0.378 e. The topological polar surface area (TPSA) is 61.6 Å². The summed E-state index contributed by atoms with van der Waals surface area (Å²) in [4.78, 5) is 11.6. The third-order valence-corrected chi connectivity index (χ3v) is 2.29. The SMILES string of the molecule is NCCOCCOCC(=O)c1ccc(Cl)cc1. The van der Waals surface area contributed by atoms with Gasteiger partial charge in [-0.3, -0.25) is 4.79 Å².